The molecular formula is C13H18FNO. The summed E-state index contributed by atoms with van der Waals surface area (Å²) in [6.07, 6.45) is 4.77. The fraction of sp³-hybridized carbons (Fsp3) is 0.538. The van der Waals surface area contributed by atoms with E-state index in [-0.39, 0.29) is 18.0 Å². The van der Waals surface area contributed by atoms with Gasteiger partial charge in [0, 0.05) is 17.7 Å². The lowest BCUT2D eigenvalue weighted by atomic mass is 10.1. The quantitative estimate of drug-likeness (QED) is 0.854. The minimum Gasteiger partial charge on any atom is -0.490 e. The molecule has 0 unspecified atom stereocenters. The second kappa shape index (κ2) is 4.83. The Balaban J connectivity index is 2.19. The van der Waals surface area contributed by atoms with Crippen LogP contribution in [0.4, 0.5) is 4.39 Å². The van der Waals surface area contributed by atoms with Crippen LogP contribution in [0.5, 0.6) is 5.75 Å². The second-order valence-electron chi connectivity index (χ2n) is 4.50. The molecule has 1 fully saturated rings. The monoisotopic (exact) mass is 223 g/mol. The maximum absolute atomic E-state index is 13.2. The Morgan fingerprint density at radius 3 is 2.69 bits per heavy atom. The third-order valence-electron chi connectivity index (χ3n) is 3.06. The molecule has 1 saturated carbocycles. The van der Waals surface area contributed by atoms with E-state index in [0.717, 1.165) is 18.4 Å². The zero-order chi connectivity index (χ0) is 11.5. The molecule has 1 atom stereocenters. The molecule has 88 valence electrons. The lowest BCUT2D eigenvalue weighted by Crippen LogP contribution is -2.15. The molecule has 0 aromatic heterocycles. The van der Waals surface area contributed by atoms with E-state index in [2.05, 4.69) is 0 Å². The van der Waals surface area contributed by atoms with Crippen molar-refractivity contribution < 1.29 is 9.13 Å². The molecule has 1 aromatic carbocycles. The molecule has 0 bridgehead atoms. The highest BCUT2D eigenvalue weighted by atomic mass is 19.1. The van der Waals surface area contributed by atoms with E-state index in [9.17, 15) is 4.39 Å². The van der Waals surface area contributed by atoms with Gasteiger partial charge in [0.05, 0.1) is 6.10 Å². The first kappa shape index (κ1) is 11.4. The van der Waals surface area contributed by atoms with Crippen LogP contribution in [0.25, 0.3) is 0 Å². The minimum atomic E-state index is -0.266. The molecule has 3 heteroatoms. The van der Waals surface area contributed by atoms with E-state index in [1.54, 1.807) is 6.07 Å². The van der Waals surface area contributed by atoms with Crippen molar-refractivity contribution in [2.24, 2.45) is 5.73 Å². The van der Waals surface area contributed by atoms with Crippen molar-refractivity contribution in [1.82, 2.24) is 0 Å². The molecule has 0 aliphatic heterocycles. The lowest BCUT2D eigenvalue weighted by Gasteiger charge is -2.18. The smallest absolute Gasteiger partial charge is 0.127 e. The standard InChI is InChI=1S/C13H18FNO/c1-9(15)12-7-6-10(14)8-13(12)16-11-4-2-3-5-11/h6-9,11H,2-5,15H2,1H3/t9-/m0/s1. The predicted molar refractivity (Wildman–Crippen MR) is 61.9 cm³/mol. The van der Waals surface area contributed by atoms with Crippen LogP contribution in [0.2, 0.25) is 0 Å². The Morgan fingerprint density at radius 2 is 2.06 bits per heavy atom. The van der Waals surface area contributed by atoms with Crippen LogP contribution in [-0.4, -0.2) is 6.10 Å². The Morgan fingerprint density at radius 1 is 1.38 bits per heavy atom. The van der Waals surface area contributed by atoms with Crippen LogP contribution >= 0.6 is 0 Å². The van der Waals surface area contributed by atoms with Crippen LogP contribution in [0.15, 0.2) is 18.2 Å². The van der Waals surface area contributed by atoms with Gasteiger partial charge in [0.1, 0.15) is 11.6 Å². The highest BCUT2D eigenvalue weighted by Crippen LogP contribution is 2.29. The van der Waals surface area contributed by atoms with Gasteiger partial charge in [-0.3, -0.25) is 0 Å². The molecule has 2 nitrogen and oxygen atoms in total. The molecule has 0 saturated heterocycles. The third kappa shape index (κ3) is 2.53. The number of hydrogen-bond acceptors (Lipinski definition) is 2. The van der Waals surface area contributed by atoms with Crippen molar-refractivity contribution in [1.29, 1.82) is 0 Å². The zero-order valence-corrected chi connectivity index (χ0v) is 9.58. The summed E-state index contributed by atoms with van der Waals surface area (Å²) in [5, 5.41) is 0. The Labute approximate surface area is 95.6 Å². The van der Waals surface area contributed by atoms with Crippen molar-refractivity contribution in [3.8, 4) is 5.75 Å². The van der Waals surface area contributed by atoms with E-state index in [0.29, 0.717) is 5.75 Å². The molecule has 0 amide bonds. The number of rotatable bonds is 3. The van der Waals surface area contributed by atoms with Crippen molar-refractivity contribution in [2.45, 2.75) is 44.8 Å². The number of ether oxygens (including phenoxy) is 1. The first-order chi connectivity index (χ1) is 7.66. The maximum Gasteiger partial charge on any atom is 0.127 e. The van der Waals surface area contributed by atoms with E-state index in [1.165, 1.54) is 25.0 Å². The van der Waals surface area contributed by atoms with Gasteiger partial charge in [-0.2, -0.15) is 0 Å². The van der Waals surface area contributed by atoms with Gasteiger partial charge in [-0.1, -0.05) is 6.07 Å². The number of hydrogen-bond donors (Lipinski definition) is 1. The fourth-order valence-corrected chi connectivity index (χ4v) is 2.17. The van der Waals surface area contributed by atoms with Gasteiger partial charge in [0.15, 0.2) is 0 Å². The van der Waals surface area contributed by atoms with Crippen LogP contribution < -0.4 is 10.5 Å². The molecule has 1 aliphatic carbocycles. The number of benzene rings is 1. The molecule has 1 aromatic rings. The molecule has 2 N–H and O–H groups in total. The molecule has 1 aliphatic rings. The highest BCUT2D eigenvalue weighted by Gasteiger charge is 2.19. The van der Waals surface area contributed by atoms with Crippen molar-refractivity contribution in [3.63, 3.8) is 0 Å². The Kier molecular flexibility index (Phi) is 3.44. The first-order valence-corrected chi connectivity index (χ1v) is 5.88. The molecule has 0 radical (unpaired) electrons. The van der Waals surface area contributed by atoms with Gasteiger partial charge in [-0.15, -0.1) is 0 Å². The summed E-state index contributed by atoms with van der Waals surface area (Å²) in [5.74, 6) is 0.347. The fourth-order valence-electron chi connectivity index (χ4n) is 2.17. The zero-order valence-electron chi connectivity index (χ0n) is 9.58. The van der Waals surface area contributed by atoms with Crippen LogP contribution in [0.1, 0.15) is 44.2 Å². The summed E-state index contributed by atoms with van der Waals surface area (Å²) in [6, 6.07) is 4.46. The Bertz CT molecular complexity index is 359. The molecule has 0 spiro atoms. The normalized spacial score (nSPS) is 18.7. The van der Waals surface area contributed by atoms with E-state index in [4.69, 9.17) is 10.5 Å². The van der Waals surface area contributed by atoms with E-state index >= 15 is 0 Å². The predicted octanol–water partition coefficient (Wildman–Crippen LogP) is 3.17. The SMILES string of the molecule is C[C@H](N)c1ccc(F)cc1OC1CCCC1. The third-order valence-corrected chi connectivity index (χ3v) is 3.06. The van der Waals surface area contributed by atoms with E-state index in [1.807, 2.05) is 6.92 Å². The highest BCUT2D eigenvalue weighted by molar-refractivity contribution is 5.36. The molecular weight excluding hydrogens is 205 g/mol. The minimum absolute atomic E-state index is 0.128. The average molecular weight is 223 g/mol. The summed E-state index contributed by atoms with van der Waals surface area (Å²) >= 11 is 0. The maximum atomic E-state index is 13.2. The van der Waals surface area contributed by atoms with Crippen molar-refractivity contribution in [3.05, 3.63) is 29.6 Å². The van der Waals surface area contributed by atoms with Crippen molar-refractivity contribution in [2.75, 3.05) is 0 Å². The topological polar surface area (TPSA) is 35.2 Å². The van der Waals surface area contributed by atoms with Crippen LogP contribution in [-0.2, 0) is 0 Å². The van der Waals surface area contributed by atoms with Gasteiger partial charge >= 0.3 is 0 Å². The van der Waals surface area contributed by atoms with Gasteiger partial charge in [-0.05, 0) is 38.7 Å². The van der Waals surface area contributed by atoms with Crippen LogP contribution in [0.3, 0.4) is 0 Å². The van der Waals surface area contributed by atoms with Gasteiger partial charge in [0.25, 0.3) is 0 Å². The van der Waals surface area contributed by atoms with Gasteiger partial charge in [0.2, 0.25) is 0 Å². The number of halogens is 1. The van der Waals surface area contributed by atoms with Crippen LogP contribution in [0, 0.1) is 5.82 Å². The first-order valence-electron chi connectivity index (χ1n) is 5.88. The van der Waals surface area contributed by atoms with Gasteiger partial charge < -0.3 is 10.5 Å². The second-order valence-corrected chi connectivity index (χ2v) is 4.50. The molecule has 2 rings (SSSR count). The summed E-state index contributed by atoms with van der Waals surface area (Å²) in [6.45, 7) is 1.88. The molecule has 16 heavy (non-hydrogen) atoms. The summed E-state index contributed by atoms with van der Waals surface area (Å²) < 4.78 is 19.0. The summed E-state index contributed by atoms with van der Waals surface area (Å²) in [5.41, 5.74) is 6.72. The number of nitrogens with two attached hydrogens (primary N) is 1. The van der Waals surface area contributed by atoms with E-state index < -0.39 is 0 Å². The van der Waals surface area contributed by atoms with Crippen molar-refractivity contribution >= 4 is 0 Å². The summed E-state index contributed by atoms with van der Waals surface area (Å²) in [4.78, 5) is 0. The van der Waals surface area contributed by atoms with Gasteiger partial charge in [-0.25, -0.2) is 4.39 Å². The Hall–Kier alpha value is -1.09. The average Bonchev–Trinajstić information content (AvgIpc) is 2.70. The molecule has 0 heterocycles. The largest absolute Gasteiger partial charge is 0.490 e. The summed E-state index contributed by atoms with van der Waals surface area (Å²) in [7, 11) is 0. The lowest BCUT2D eigenvalue weighted by molar-refractivity contribution is 0.206.